The average Bonchev–Trinajstić information content (AvgIpc) is 2.42. The smallest absolute Gasteiger partial charge is 0.270 e. The Morgan fingerprint density at radius 2 is 2.13 bits per heavy atom. The molecule has 2 rings (SSSR count). The molecule has 0 aromatic heterocycles. The van der Waals surface area contributed by atoms with Crippen LogP contribution in [-0.2, 0) is 11.3 Å². The lowest BCUT2D eigenvalue weighted by atomic mass is 9.85. The molecular formula is C16H22FN4O2+. The molecule has 1 aliphatic rings. The molecule has 0 radical (unpaired) electrons. The number of phenolic OH excluding ortho intramolecular Hbond substituents is 1. The van der Waals surface area contributed by atoms with E-state index in [4.69, 9.17) is 16.9 Å². The SMILES string of the molecule is NC(=[NH2+])/C=C(\N)C(=O)N(Cc1ccc(O)cc1F)CC1CCC1. The van der Waals surface area contributed by atoms with Gasteiger partial charge in [-0.25, -0.2) is 4.39 Å². The molecular weight excluding hydrogens is 299 g/mol. The molecule has 0 saturated heterocycles. The summed E-state index contributed by atoms with van der Waals surface area (Å²) in [7, 11) is 0. The van der Waals surface area contributed by atoms with Crippen LogP contribution in [0.15, 0.2) is 30.0 Å². The van der Waals surface area contributed by atoms with E-state index in [0.29, 0.717) is 18.0 Å². The van der Waals surface area contributed by atoms with Crippen LogP contribution in [0.2, 0.25) is 0 Å². The second-order valence-electron chi connectivity index (χ2n) is 5.86. The van der Waals surface area contributed by atoms with Gasteiger partial charge in [-0.15, -0.1) is 0 Å². The van der Waals surface area contributed by atoms with Crippen LogP contribution in [0.4, 0.5) is 4.39 Å². The van der Waals surface area contributed by atoms with Crippen LogP contribution in [0.3, 0.4) is 0 Å². The highest BCUT2D eigenvalue weighted by Gasteiger charge is 2.25. The van der Waals surface area contributed by atoms with Crippen molar-refractivity contribution in [2.24, 2.45) is 17.4 Å². The lowest BCUT2D eigenvalue weighted by Crippen LogP contribution is -2.46. The monoisotopic (exact) mass is 321 g/mol. The first kappa shape index (κ1) is 16.8. The summed E-state index contributed by atoms with van der Waals surface area (Å²) in [5.74, 6) is -0.823. The summed E-state index contributed by atoms with van der Waals surface area (Å²) in [4.78, 5) is 14.0. The molecule has 1 aromatic carbocycles. The van der Waals surface area contributed by atoms with E-state index in [1.165, 1.54) is 23.1 Å². The number of aromatic hydroxyl groups is 1. The van der Waals surface area contributed by atoms with Crippen molar-refractivity contribution in [1.82, 2.24) is 4.90 Å². The first-order valence-corrected chi connectivity index (χ1v) is 7.48. The van der Waals surface area contributed by atoms with Gasteiger partial charge in [0.1, 0.15) is 17.3 Å². The van der Waals surface area contributed by atoms with Gasteiger partial charge in [0, 0.05) is 24.7 Å². The van der Waals surface area contributed by atoms with E-state index in [1.807, 2.05) is 0 Å². The third kappa shape index (κ3) is 4.45. The third-order valence-electron chi connectivity index (χ3n) is 3.96. The number of phenols is 1. The molecule has 6 nitrogen and oxygen atoms in total. The van der Waals surface area contributed by atoms with E-state index in [1.54, 1.807) is 0 Å². The summed E-state index contributed by atoms with van der Waals surface area (Å²) < 4.78 is 13.9. The molecule has 1 fully saturated rings. The van der Waals surface area contributed by atoms with Gasteiger partial charge in [0.05, 0.1) is 6.08 Å². The zero-order valence-electron chi connectivity index (χ0n) is 12.8. The molecule has 0 heterocycles. The van der Waals surface area contributed by atoms with Crippen molar-refractivity contribution >= 4 is 11.7 Å². The fourth-order valence-electron chi connectivity index (χ4n) is 2.50. The molecule has 7 heteroatoms. The second-order valence-corrected chi connectivity index (χ2v) is 5.86. The maximum absolute atomic E-state index is 13.9. The summed E-state index contributed by atoms with van der Waals surface area (Å²) in [5, 5.41) is 14.6. The van der Waals surface area contributed by atoms with Crippen LogP contribution in [0.5, 0.6) is 5.75 Å². The first-order chi connectivity index (χ1) is 10.9. The molecule has 124 valence electrons. The number of carbonyl (C=O) groups is 1. The van der Waals surface area contributed by atoms with Gasteiger partial charge in [-0.2, -0.15) is 0 Å². The molecule has 1 saturated carbocycles. The quantitative estimate of drug-likeness (QED) is 0.324. The predicted molar refractivity (Wildman–Crippen MR) is 84.2 cm³/mol. The Labute approximate surface area is 134 Å². The fourth-order valence-corrected chi connectivity index (χ4v) is 2.50. The molecule has 1 aromatic rings. The molecule has 1 aliphatic carbocycles. The Kier molecular flexibility index (Phi) is 5.20. The van der Waals surface area contributed by atoms with Crippen molar-refractivity contribution in [1.29, 1.82) is 0 Å². The fraction of sp³-hybridized carbons (Fsp3) is 0.375. The van der Waals surface area contributed by atoms with Gasteiger partial charge < -0.3 is 15.7 Å². The van der Waals surface area contributed by atoms with Crippen LogP contribution in [-0.4, -0.2) is 28.3 Å². The standard InChI is InChI=1S/C16H21FN4O2/c17-13-6-12(22)5-4-11(13)9-21(8-10-2-1-3-10)16(23)14(18)7-15(19)20/h4-7,10,22H,1-3,8-9,18H2,(H3,19,20)/p+1/b14-7-. The Hall–Kier alpha value is -2.57. The van der Waals surface area contributed by atoms with E-state index in [0.717, 1.165) is 25.3 Å². The van der Waals surface area contributed by atoms with Gasteiger partial charge in [-0.05, 0) is 24.8 Å². The number of amides is 1. The second kappa shape index (κ2) is 7.13. The summed E-state index contributed by atoms with van der Waals surface area (Å²) in [6, 6.07) is 3.86. The zero-order valence-corrected chi connectivity index (χ0v) is 12.8. The minimum absolute atomic E-state index is 0.0599. The maximum Gasteiger partial charge on any atom is 0.270 e. The van der Waals surface area contributed by atoms with Crippen molar-refractivity contribution in [2.75, 3.05) is 6.54 Å². The molecule has 1 amide bonds. The van der Waals surface area contributed by atoms with Crippen molar-refractivity contribution in [3.8, 4) is 5.75 Å². The highest BCUT2D eigenvalue weighted by Crippen LogP contribution is 2.28. The summed E-state index contributed by atoms with van der Waals surface area (Å²) in [5.41, 5.74) is 11.3. The van der Waals surface area contributed by atoms with Crippen molar-refractivity contribution in [3.05, 3.63) is 41.4 Å². The van der Waals surface area contributed by atoms with Gasteiger partial charge in [0.25, 0.3) is 11.7 Å². The van der Waals surface area contributed by atoms with Crippen molar-refractivity contribution in [3.63, 3.8) is 0 Å². The number of hydrogen-bond donors (Lipinski definition) is 4. The third-order valence-corrected chi connectivity index (χ3v) is 3.96. The number of benzene rings is 1. The molecule has 0 bridgehead atoms. The Morgan fingerprint density at radius 3 is 2.65 bits per heavy atom. The highest BCUT2D eigenvalue weighted by molar-refractivity contribution is 5.99. The maximum atomic E-state index is 13.9. The van der Waals surface area contributed by atoms with E-state index in [-0.39, 0.29) is 23.8 Å². The Balaban J connectivity index is 2.19. The summed E-state index contributed by atoms with van der Waals surface area (Å²) >= 11 is 0. The van der Waals surface area contributed by atoms with E-state index < -0.39 is 11.7 Å². The van der Waals surface area contributed by atoms with Crippen molar-refractivity contribution in [2.45, 2.75) is 25.8 Å². The normalized spacial score (nSPS) is 15.1. The molecule has 0 spiro atoms. The van der Waals surface area contributed by atoms with Gasteiger partial charge >= 0.3 is 0 Å². The largest absolute Gasteiger partial charge is 0.508 e. The highest BCUT2D eigenvalue weighted by atomic mass is 19.1. The average molecular weight is 321 g/mol. The van der Waals surface area contributed by atoms with Gasteiger partial charge in [0.15, 0.2) is 0 Å². The zero-order chi connectivity index (χ0) is 17.0. The van der Waals surface area contributed by atoms with Crippen molar-refractivity contribution < 1.29 is 19.7 Å². The van der Waals surface area contributed by atoms with Crippen LogP contribution in [0, 0.1) is 11.7 Å². The van der Waals surface area contributed by atoms with Crippen LogP contribution < -0.4 is 16.9 Å². The number of nitrogens with zero attached hydrogens (tertiary/aromatic N) is 1. The molecule has 0 aliphatic heterocycles. The van der Waals surface area contributed by atoms with Gasteiger partial charge in [-0.3, -0.25) is 15.9 Å². The number of amidine groups is 1. The molecule has 7 N–H and O–H groups in total. The van der Waals surface area contributed by atoms with Gasteiger partial charge in [0.2, 0.25) is 0 Å². The molecule has 0 atom stereocenters. The number of carbonyl (C=O) groups excluding carboxylic acids is 1. The number of halogens is 1. The molecule has 23 heavy (non-hydrogen) atoms. The number of nitrogens with two attached hydrogens (primary N) is 3. The minimum atomic E-state index is -0.566. The predicted octanol–water partition coefficient (Wildman–Crippen LogP) is -0.381. The van der Waals surface area contributed by atoms with Crippen LogP contribution in [0.25, 0.3) is 0 Å². The first-order valence-electron chi connectivity index (χ1n) is 7.48. The summed E-state index contributed by atoms with van der Waals surface area (Å²) in [6.45, 7) is 0.568. The van der Waals surface area contributed by atoms with Crippen LogP contribution >= 0.6 is 0 Å². The summed E-state index contributed by atoms with van der Waals surface area (Å²) in [6.07, 6.45) is 4.41. The van der Waals surface area contributed by atoms with Crippen LogP contribution in [0.1, 0.15) is 24.8 Å². The van der Waals surface area contributed by atoms with Gasteiger partial charge in [-0.1, -0.05) is 12.5 Å². The number of rotatable bonds is 6. The van der Waals surface area contributed by atoms with E-state index in [2.05, 4.69) is 0 Å². The number of hydrogen-bond acceptors (Lipinski definition) is 3. The topological polar surface area (TPSA) is 118 Å². The minimum Gasteiger partial charge on any atom is -0.508 e. The molecule has 0 unspecified atom stereocenters. The Morgan fingerprint density at radius 1 is 1.43 bits per heavy atom. The van der Waals surface area contributed by atoms with E-state index >= 15 is 0 Å². The lowest BCUT2D eigenvalue weighted by Gasteiger charge is -2.32. The van der Waals surface area contributed by atoms with E-state index in [9.17, 15) is 14.3 Å². The Bertz CT molecular complexity index is 641. The lowest BCUT2D eigenvalue weighted by molar-refractivity contribution is -0.129.